The van der Waals surface area contributed by atoms with Gasteiger partial charge < -0.3 is 9.80 Å². The first-order chi connectivity index (χ1) is 10.6. The van der Waals surface area contributed by atoms with Crippen molar-refractivity contribution in [1.29, 1.82) is 0 Å². The third-order valence-corrected chi connectivity index (χ3v) is 3.82. The van der Waals surface area contributed by atoms with Crippen molar-refractivity contribution in [3.8, 4) is 0 Å². The molecule has 0 unspecified atom stereocenters. The Morgan fingerprint density at radius 1 is 1.27 bits per heavy atom. The first-order valence-electron chi connectivity index (χ1n) is 7.24. The average molecular weight is 302 g/mol. The lowest BCUT2D eigenvalue weighted by Gasteiger charge is -2.24. The van der Waals surface area contributed by atoms with E-state index in [9.17, 15) is 9.59 Å². The fourth-order valence-corrected chi connectivity index (χ4v) is 2.70. The van der Waals surface area contributed by atoms with Crippen molar-refractivity contribution >= 4 is 11.6 Å². The van der Waals surface area contributed by atoms with Crippen LogP contribution in [0.1, 0.15) is 22.6 Å². The molecule has 1 aliphatic rings. The second kappa shape index (κ2) is 6.00. The molecule has 0 aliphatic carbocycles. The number of anilines is 1. The Balaban J connectivity index is 1.71. The summed E-state index contributed by atoms with van der Waals surface area (Å²) < 4.78 is 0. The quantitative estimate of drug-likeness (QED) is 0.823. The van der Waals surface area contributed by atoms with Crippen LogP contribution >= 0.6 is 0 Å². The molecule has 0 aromatic carbocycles. The lowest BCUT2D eigenvalue weighted by atomic mass is 10.2. The molecule has 3 rings (SSSR count). The average Bonchev–Trinajstić information content (AvgIpc) is 2.81. The highest BCUT2D eigenvalue weighted by Crippen LogP contribution is 2.20. The van der Waals surface area contributed by atoms with Crippen LogP contribution in [0.3, 0.4) is 0 Å². The topological polar surface area (TPSA) is 98.0 Å². The molecule has 0 atom stereocenters. The normalized spacial score (nSPS) is 15.7. The number of nitrogens with one attached hydrogen (secondary N) is 2. The summed E-state index contributed by atoms with van der Waals surface area (Å²) in [5.74, 6) is -0.176. The number of amides is 1. The van der Waals surface area contributed by atoms with E-state index >= 15 is 0 Å². The molecule has 1 fully saturated rings. The van der Waals surface area contributed by atoms with E-state index in [0.717, 1.165) is 30.8 Å². The van der Waals surface area contributed by atoms with Crippen molar-refractivity contribution in [2.24, 2.45) is 0 Å². The fraction of sp³-hybridized carbons (Fsp3) is 0.429. The highest BCUT2D eigenvalue weighted by molar-refractivity contribution is 5.90. The molecule has 116 valence electrons. The summed E-state index contributed by atoms with van der Waals surface area (Å²) in [6.07, 6.45) is 4.49. The minimum atomic E-state index is -0.466. The standard InChI is InChI=1S/C14H18N6O2/c1-10-9-15-4-3-11(10)19-5-2-6-20(8-7-19)13(21)12-16-14(22)18-17-12/h3-4,9H,2,5-8H2,1H3,(H2,16,17,18,22). The molecule has 2 N–H and O–H groups in total. The first-order valence-corrected chi connectivity index (χ1v) is 7.24. The number of carbonyl (C=O) groups is 1. The molecule has 8 heteroatoms. The maximum atomic E-state index is 12.3. The van der Waals surface area contributed by atoms with Crippen LogP contribution < -0.4 is 10.6 Å². The number of aryl methyl sites for hydroxylation is 1. The SMILES string of the molecule is Cc1cnccc1N1CCCN(C(=O)c2n[nH]c(=O)[nH]2)CC1. The lowest BCUT2D eigenvalue weighted by Crippen LogP contribution is -2.36. The summed E-state index contributed by atoms with van der Waals surface area (Å²) in [4.78, 5) is 33.9. The van der Waals surface area contributed by atoms with Crippen molar-refractivity contribution in [2.45, 2.75) is 13.3 Å². The molecule has 2 aromatic heterocycles. The summed E-state index contributed by atoms with van der Waals surface area (Å²) in [7, 11) is 0. The van der Waals surface area contributed by atoms with Crippen LogP contribution in [0, 0.1) is 6.92 Å². The van der Waals surface area contributed by atoms with Crippen LogP contribution in [0.4, 0.5) is 5.69 Å². The minimum absolute atomic E-state index is 0.0681. The molecular weight excluding hydrogens is 284 g/mol. The van der Waals surface area contributed by atoms with E-state index in [0.29, 0.717) is 13.1 Å². The molecule has 0 spiro atoms. The van der Waals surface area contributed by atoms with Crippen molar-refractivity contribution in [3.63, 3.8) is 0 Å². The van der Waals surface area contributed by atoms with Crippen LogP contribution in [0.25, 0.3) is 0 Å². The number of nitrogens with zero attached hydrogens (tertiary/aromatic N) is 4. The maximum absolute atomic E-state index is 12.3. The van der Waals surface area contributed by atoms with Gasteiger partial charge in [0, 0.05) is 44.3 Å². The van der Waals surface area contributed by atoms with Crippen molar-refractivity contribution < 1.29 is 4.79 Å². The van der Waals surface area contributed by atoms with Crippen LogP contribution in [0.5, 0.6) is 0 Å². The molecule has 22 heavy (non-hydrogen) atoms. The van der Waals surface area contributed by atoms with Gasteiger partial charge in [-0.3, -0.25) is 14.8 Å². The molecule has 1 aliphatic heterocycles. The number of pyridine rings is 1. The Bertz CT molecular complexity index is 722. The van der Waals surface area contributed by atoms with Gasteiger partial charge in [0.25, 0.3) is 5.91 Å². The molecule has 0 radical (unpaired) electrons. The Morgan fingerprint density at radius 3 is 2.86 bits per heavy atom. The van der Waals surface area contributed by atoms with Crippen molar-refractivity contribution in [2.75, 3.05) is 31.1 Å². The monoisotopic (exact) mass is 302 g/mol. The van der Waals surface area contributed by atoms with Crippen molar-refractivity contribution in [1.82, 2.24) is 25.1 Å². The summed E-state index contributed by atoms with van der Waals surface area (Å²) in [6, 6.07) is 2.00. The van der Waals surface area contributed by atoms with Gasteiger partial charge in [-0.15, -0.1) is 5.10 Å². The zero-order valence-electron chi connectivity index (χ0n) is 12.4. The zero-order valence-corrected chi connectivity index (χ0v) is 12.4. The van der Waals surface area contributed by atoms with E-state index in [-0.39, 0.29) is 11.7 Å². The minimum Gasteiger partial charge on any atom is -0.369 e. The predicted molar refractivity (Wildman–Crippen MR) is 80.9 cm³/mol. The first kappa shape index (κ1) is 14.3. The van der Waals surface area contributed by atoms with E-state index in [2.05, 4.69) is 25.1 Å². The highest BCUT2D eigenvalue weighted by atomic mass is 16.2. The summed E-state index contributed by atoms with van der Waals surface area (Å²) in [5, 5.41) is 5.93. The van der Waals surface area contributed by atoms with Gasteiger partial charge in [0.2, 0.25) is 5.82 Å². The second-order valence-electron chi connectivity index (χ2n) is 5.32. The Morgan fingerprint density at radius 2 is 2.14 bits per heavy atom. The van der Waals surface area contributed by atoms with E-state index < -0.39 is 5.69 Å². The summed E-state index contributed by atoms with van der Waals surface area (Å²) >= 11 is 0. The molecule has 2 aromatic rings. The summed E-state index contributed by atoms with van der Waals surface area (Å²) in [6.45, 7) is 4.89. The van der Waals surface area contributed by atoms with Gasteiger partial charge in [-0.25, -0.2) is 9.89 Å². The predicted octanol–water partition coefficient (Wildman–Crippen LogP) is 0.154. The number of rotatable bonds is 2. The number of H-pyrrole nitrogens is 2. The Labute approximate surface area is 127 Å². The molecule has 1 saturated heterocycles. The molecule has 0 bridgehead atoms. The zero-order chi connectivity index (χ0) is 15.5. The van der Waals surface area contributed by atoms with Crippen LogP contribution in [-0.4, -0.2) is 57.2 Å². The fourth-order valence-electron chi connectivity index (χ4n) is 2.70. The highest BCUT2D eigenvalue weighted by Gasteiger charge is 2.23. The summed E-state index contributed by atoms with van der Waals surface area (Å²) in [5.41, 5.74) is 1.81. The van der Waals surface area contributed by atoms with Gasteiger partial charge in [-0.05, 0) is 25.0 Å². The largest absolute Gasteiger partial charge is 0.369 e. The van der Waals surface area contributed by atoms with E-state index in [1.165, 1.54) is 0 Å². The Hall–Kier alpha value is -2.64. The van der Waals surface area contributed by atoms with Gasteiger partial charge >= 0.3 is 5.69 Å². The lowest BCUT2D eigenvalue weighted by molar-refractivity contribution is 0.0755. The number of carbonyl (C=O) groups excluding carboxylic acids is 1. The van der Waals surface area contributed by atoms with Gasteiger partial charge in [0.05, 0.1) is 0 Å². The molecule has 3 heterocycles. The van der Waals surface area contributed by atoms with Crippen LogP contribution in [0.2, 0.25) is 0 Å². The number of hydrogen-bond donors (Lipinski definition) is 2. The molecule has 8 nitrogen and oxygen atoms in total. The molecule has 0 saturated carbocycles. The van der Waals surface area contributed by atoms with Crippen LogP contribution in [-0.2, 0) is 0 Å². The number of aromatic nitrogens is 4. The second-order valence-corrected chi connectivity index (χ2v) is 5.32. The third kappa shape index (κ3) is 2.85. The van der Waals surface area contributed by atoms with Crippen LogP contribution in [0.15, 0.2) is 23.3 Å². The van der Waals surface area contributed by atoms with Gasteiger partial charge in [-0.2, -0.15) is 0 Å². The number of aromatic amines is 2. The van der Waals surface area contributed by atoms with E-state index in [4.69, 9.17) is 0 Å². The molecule has 1 amide bonds. The smallest absolute Gasteiger partial charge is 0.341 e. The van der Waals surface area contributed by atoms with Gasteiger partial charge in [-0.1, -0.05) is 0 Å². The number of hydrogen-bond acceptors (Lipinski definition) is 5. The maximum Gasteiger partial charge on any atom is 0.341 e. The Kier molecular flexibility index (Phi) is 3.90. The van der Waals surface area contributed by atoms with Crippen molar-refractivity contribution in [3.05, 3.63) is 40.3 Å². The van der Waals surface area contributed by atoms with E-state index in [1.807, 2.05) is 19.2 Å². The molecular formula is C14H18N6O2. The van der Waals surface area contributed by atoms with Gasteiger partial charge in [0.15, 0.2) is 0 Å². The van der Waals surface area contributed by atoms with Gasteiger partial charge in [0.1, 0.15) is 0 Å². The van der Waals surface area contributed by atoms with E-state index in [1.54, 1.807) is 11.1 Å². The third-order valence-electron chi connectivity index (χ3n) is 3.82.